The number of likely N-dealkylation sites (tertiary alicyclic amines) is 1. The molecular weight excluding hydrogens is 304 g/mol. The summed E-state index contributed by atoms with van der Waals surface area (Å²) in [7, 11) is 0. The highest BCUT2D eigenvalue weighted by Gasteiger charge is 2.23. The summed E-state index contributed by atoms with van der Waals surface area (Å²) in [5.74, 6) is 0.793. The monoisotopic (exact) mass is 332 g/mol. The van der Waals surface area contributed by atoms with Crippen LogP contribution in [0, 0.1) is 0 Å². The van der Waals surface area contributed by atoms with Crippen molar-refractivity contribution in [2.75, 3.05) is 19.7 Å². The number of hydrogen-bond donors (Lipinski definition) is 1. The predicted molar refractivity (Wildman–Crippen MR) is 94.2 cm³/mol. The maximum Gasteiger partial charge on any atom is 0.223 e. The van der Waals surface area contributed by atoms with E-state index in [4.69, 9.17) is 10.5 Å². The van der Waals surface area contributed by atoms with Gasteiger partial charge in [-0.15, -0.1) is 0 Å². The number of carbonyl (C=O) groups excluding carboxylic acids is 2. The van der Waals surface area contributed by atoms with Gasteiger partial charge in [0.05, 0.1) is 6.61 Å². The normalized spacial score (nSPS) is 17.1. The van der Waals surface area contributed by atoms with Crippen LogP contribution >= 0.6 is 0 Å². The number of nitrogens with two attached hydrogens (primary N) is 1. The standard InChI is InChI=1S/C19H28N2O3/c1-2-3-4-13-24-17-7-5-15(6-8-17)18(22)9-10-19(23)21-12-11-16(20)14-21/h5-8,16H,2-4,9-14,20H2,1H3/t16-/m1/s1. The van der Waals surface area contributed by atoms with E-state index >= 15 is 0 Å². The molecule has 1 heterocycles. The Balaban J connectivity index is 1.74. The van der Waals surface area contributed by atoms with Crippen molar-refractivity contribution < 1.29 is 14.3 Å². The number of ketones is 1. The molecule has 1 fully saturated rings. The zero-order chi connectivity index (χ0) is 17.4. The van der Waals surface area contributed by atoms with Gasteiger partial charge in [-0.3, -0.25) is 9.59 Å². The highest BCUT2D eigenvalue weighted by Crippen LogP contribution is 2.16. The third-order valence-electron chi connectivity index (χ3n) is 4.34. The van der Waals surface area contributed by atoms with Crippen LogP contribution in [0.15, 0.2) is 24.3 Å². The molecular formula is C19H28N2O3. The van der Waals surface area contributed by atoms with Crippen LogP contribution in [0.5, 0.6) is 5.75 Å². The smallest absolute Gasteiger partial charge is 0.223 e. The summed E-state index contributed by atoms with van der Waals surface area (Å²) in [6.45, 7) is 4.17. The lowest BCUT2D eigenvalue weighted by Crippen LogP contribution is -2.32. The lowest BCUT2D eigenvalue weighted by atomic mass is 10.1. The molecule has 132 valence electrons. The van der Waals surface area contributed by atoms with Gasteiger partial charge in [-0.1, -0.05) is 19.8 Å². The lowest BCUT2D eigenvalue weighted by molar-refractivity contribution is -0.130. The summed E-state index contributed by atoms with van der Waals surface area (Å²) < 4.78 is 5.63. The summed E-state index contributed by atoms with van der Waals surface area (Å²) in [6.07, 6.45) is 4.70. The topological polar surface area (TPSA) is 72.6 Å². The largest absolute Gasteiger partial charge is 0.494 e. The molecule has 1 aromatic rings. The van der Waals surface area contributed by atoms with E-state index in [1.807, 2.05) is 12.1 Å². The second-order valence-corrected chi connectivity index (χ2v) is 6.39. The van der Waals surface area contributed by atoms with Crippen molar-refractivity contribution in [2.24, 2.45) is 5.73 Å². The molecule has 2 rings (SSSR count). The fourth-order valence-electron chi connectivity index (χ4n) is 2.82. The number of nitrogens with zero attached hydrogens (tertiary/aromatic N) is 1. The van der Waals surface area contributed by atoms with E-state index in [0.29, 0.717) is 25.3 Å². The minimum Gasteiger partial charge on any atom is -0.494 e. The first-order valence-corrected chi connectivity index (χ1v) is 8.89. The zero-order valence-corrected chi connectivity index (χ0v) is 14.5. The Morgan fingerprint density at radius 2 is 1.96 bits per heavy atom. The van der Waals surface area contributed by atoms with Crippen LogP contribution < -0.4 is 10.5 Å². The van der Waals surface area contributed by atoms with Crippen molar-refractivity contribution in [2.45, 2.75) is 51.5 Å². The number of carbonyl (C=O) groups is 2. The molecule has 0 radical (unpaired) electrons. The average molecular weight is 332 g/mol. The minimum atomic E-state index is -0.00983. The minimum absolute atomic E-state index is 0.00983. The summed E-state index contributed by atoms with van der Waals surface area (Å²) in [5.41, 5.74) is 6.43. The van der Waals surface area contributed by atoms with E-state index in [1.165, 1.54) is 6.42 Å². The number of hydrogen-bond acceptors (Lipinski definition) is 4. The van der Waals surface area contributed by atoms with Gasteiger partial charge in [0.1, 0.15) is 5.75 Å². The molecule has 0 bridgehead atoms. The molecule has 5 heteroatoms. The van der Waals surface area contributed by atoms with Gasteiger partial charge in [0.2, 0.25) is 5.91 Å². The number of unbranched alkanes of at least 4 members (excludes halogenated alkanes) is 2. The molecule has 1 amide bonds. The van der Waals surface area contributed by atoms with Crippen molar-refractivity contribution in [1.82, 2.24) is 4.90 Å². The van der Waals surface area contributed by atoms with Crippen LogP contribution in [0.2, 0.25) is 0 Å². The molecule has 5 nitrogen and oxygen atoms in total. The molecule has 0 spiro atoms. The van der Waals surface area contributed by atoms with Gasteiger partial charge in [0.25, 0.3) is 0 Å². The van der Waals surface area contributed by atoms with Crippen LogP contribution in [0.25, 0.3) is 0 Å². The van der Waals surface area contributed by atoms with E-state index in [9.17, 15) is 9.59 Å². The molecule has 2 N–H and O–H groups in total. The Morgan fingerprint density at radius 3 is 2.58 bits per heavy atom. The van der Waals surface area contributed by atoms with Crippen molar-refractivity contribution in [3.05, 3.63) is 29.8 Å². The van der Waals surface area contributed by atoms with E-state index in [0.717, 1.165) is 25.0 Å². The summed E-state index contributed by atoms with van der Waals surface area (Å²) in [4.78, 5) is 26.0. The predicted octanol–water partition coefficient (Wildman–Crippen LogP) is 2.78. The molecule has 24 heavy (non-hydrogen) atoms. The second-order valence-electron chi connectivity index (χ2n) is 6.39. The van der Waals surface area contributed by atoms with Gasteiger partial charge in [-0.25, -0.2) is 0 Å². The van der Waals surface area contributed by atoms with E-state index < -0.39 is 0 Å². The molecule has 0 saturated carbocycles. The van der Waals surface area contributed by atoms with Gasteiger partial charge in [0, 0.05) is 37.5 Å². The zero-order valence-electron chi connectivity index (χ0n) is 14.5. The maximum absolute atomic E-state index is 12.2. The first-order valence-electron chi connectivity index (χ1n) is 8.89. The summed E-state index contributed by atoms with van der Waals surface area (Å²) in [5, 5.41) is 0. The first-order chi connectivity index (χ1) is 11.6. The summed E-state index contributed by atoms with van der Waals surface area (Å²) >= 11 is 0. The van der Waals surface area contributed by atoms with E-state index in [-0.39, 0.29) is 30.6 Å². The number of ether oxygens (including phenoxy) is 1. The molecule has 1 atom stereocenters. The van der Waals surface area contributed by atoms with Gasteiger partial charge in [-0.05, 0) is 37.1 Å². The van der Waals surface area contributed by atoms with E-state index in [2.05, 4.69) is 6.92 Å². The molecule has 0 unspecified atom stereocenters. The summed E-state index contributed by atoms with van der Waals surface area (Å²) in [6, 6.07) is 7.26. The molecule has 1 aliphatic rings. The molecule has 1 aromatic carbocycles. The third kappa shape index (κ3) is 5.64. The maximum atomic E-state index is 12.2. The van der Waals surface area contributed by atoms with Crippen LogP contribution in [0.4, 0.5) is 0 Å². The SMILES string of the molecule is CCCCCOc1ccc(C(=O)CCC(=O)N2CC[C@@H](N)C2)cc1. The molecule has 0 aliphatic carbocycles. The fraction of sp³-hybridized carbons (Fsp3) is 0.579. The van der Waals surface area contributed by atoms with Gasteiger partial charge in [0.15, 0.2) is 5.78 Å². The third-order valence-corrected chi connectivity index (χ3v) is 4.34. The number of Topliss-reactive ketones (excluding diaryl/α,β-unsaturated/α-hetero) is 1. The van der Waals surface area contributed by atoms with Crippen LogP contribution in [0.3, 0.4) is 0 Å². The second kappa shape index (κ2) is 9.42. The van der Waals surface area contributed by atoms with Crippen LogP contribution in [-0.4, -0.2) is 42.3 Å². The Kier molecular flexibility index (Phi) is 7.25. The molecule has 1 aliphatic heterocycles. The van der Waals surface area contributed by atoms with Gasteiger partial charge >= 0.3 is 0 Å². The number of rotatable bonds is 9. The quantitative estimate of drug-likeness (QED) is 0.557. The lowest BCUT2D eigenvalue weighted by Gasteiger charge is -2.15. The van der Waals surface area contributed by atoms with Crippen molar-refractivity contribution in [3.63, 3.8) is 0 Å². The van der Waals surface area contributed by atoms with Crippen LogP contribution in [0.1, 0.15) is 55.8 Å². The highest BCUT2D eigenvalue weighted by molar-refractivity contribution is 5.98. The average Bonchev–Trinajstić information content (AvgIpc) is 3.03. The highest BCUT2D eigenvalue weighted by atomic mass is 16.5. The van der Waals surface area contributed by atoms with Gasteiger partial charge in [-0.2, -0.15) is 0 Å². The Morgan fingerprint density at radius 1 is 1.21 bits per heavy atom. The Bertz CT molecular complexity index is 542. The number of benzene rings is 1. The Labute approximate surface area is 144 Å². The molecule has 1 saturated heterocycles. The molecule has 0 aromatic heterocycles. The van der Waals surface area contributed by atoms with E-state index in [1.54, 1.807) is 17.0 Å². The van der Waals surface area contributed by atoms with Crippen LogP contribution in [-0.2, 0) is 4.79 Å². The first kappa shape index (κ1) is 18.5. The number of amides is 1. The van der Waals surface area contributed by atoms with Crippen molar-refractivity contribution in [1.29, 1.82) is 0 Å². The van der Waals surface area contributed by atoms with Gasteiger partial charge < -0.3 is 15.4 Å². The van der Waals surface area contributed by atoms with Crippen molar-refractivity contribution >= 4 is 11.7 Å². The Hall–Kier alpha value is -1.88. The van der Waals surface area contributed by atoms with Crippen molar-refractivity contribution in [3.8, 4) is 5.75 Å². The fourth-order valence-corrected chi connectivity index (χ4v) is 2.82.